The second-order valence-electron chi connectivity index (χ2n) is 6.37. The van der Waals surface area contributed by atoms with E-state index in [-0.39, 0.29) is 6.09 Å². The van der Waals surface area contributed by atoms with Gasteiger partial charge in [0.05, 0.1) is 11.9 Å². The molecule has 5 nitrogen and oxygen atoms in total. The lowest BCUT2D eigenvalue weighted by atomic mass is 10.2. The first-order valence-corrected chi connectivity index (χ1v) is 7.58. The minimum Gasteiger partial charge on any atom is -0.444 e. The maximum atomic E-state index is 12.1. The molecule has 0 bridgehead atoms. The van der Waals surface area contributed by atoms with E-state index in [1.807, 2.05) is 37.9 Å². The van der Waals surface area contributed by atoms with E-state index in [1.54, 1.807) is 6.20 Å². The summed E-state index contributed by atoms with van der Waals surface area (Å²) in [5.41, 5.74) is 0.726. The van der Waals surface area contributed by atoms with Crippen LogP contribution in [0.3, 0.4) is 0 Å². The minimum absolute atomic E-state index is 0.197. The van der Waals surface area contributed by atoms with Crippen molar-refractivity contribution in [2.24, 2.45) is 0 Å². The highest BCUT2D eigenvalue weighted by Gasteiger charge is 2.23. The monoisotopic (exact) mass is 291 g/mol. The molecule has 1 aliphatic rings. The van der Waals surface area contributed by atoms with Crippen molar-refractivity contribution in [3.05, 3.63) is 24.5 Å². The van der Waals surface area contributed by atoms with E-state index in [4.69, 9.17) is 4.74 Å². The number of aromatic nitrogens is 1. The van der Waals surface area contributed by atoms with Crippen molar-refractivity contribution in [1.29, 1.82) is 0 Å². The van der Waals surface area contributed by atoms with Crippen molar-refractivity contribution < 1.29 is 9.53 Å². The molecule has 5 heteroatoms. The van der Waals surface area contributed by atoms with Gasteiger partial charge in [-0.2, -0.15) is 0 Å². The van der Waals surface area contributed by atoms with Crippen LogP contribution in [0.1, 0.15) is 33.6 Å². The number of pyridine rings is 1. The number of amides is 1. The van der Waals surface area contributed by atoms with Gasteiger partial charge in [-0.25, -0.2) is 4.79 Å². The molecule has 0 radical (unpaired) electrons. The second kappa shape index (κ2) is 6.78. The summed E-state index contributed by atoms with van der Waals surface area (Å²) in [6, 6.07) is 4.04. The summed E-state index contributed by atoms with van der Waals surface area (Å²) in [6.45, 7) is 9.06. The number of hydrogen-bond donors (Lipinski definition) is 0. The third-order valence-corrected chi connectivity index (χ3v) is 3.37. The molecule has 1 saturated heterocycles. The lowest BCUT2D eigenvalue weighted by Gasteiger charge is -2.32. The normalized spacial score (nSPS) is 17.1. The van der Waals surface area contributed by atoms with E-state index in [0.29, 0.717) is 0 Å². The van der Waals surface area contributed by atoms with Crippen molar-refractivity contribution in [3.63, 3.8) is 0 Å². The fourth-order valence-corrected chi connectivity index (χ4v) is 2.44. The molecule has 0 aliphatic carbocycles. The van der Waals surface area contributed by atoms with Crippen LogP contribution in [0.25, 0.3) is 0 Å². The molecule has 1 aliphatic heterocycles. The van der Waals surface area contributed by atoms with Crippen molar-refractivity contribution in [1.82, 2.24) is 9.88 Å². The summed E-state index contributed by atoms with van der Waals surface area (Å²) in [4.78, 5) is 20.4. The quantitative estimate of drug-likeness (QED) is 0.798. The van der Waals surface area contributed by atoms with Gasteiger partial charge < -0.3 is 14.5 Å². The van der Waals surface area contributed by atoms with Gasteiger partial charge in [0.15, 0.2) is 0 Å². The SMILES string of the molecule is CC(C)(C)OC(=O)N1CCCN(c2cccnc2)CCC1. The Morgan fingerprint density at radius 3 is 2.38 bits per heavy atom. The standard InChI is InChI=1S/C16H25N3O2/c1-16(2,3)21-15(20)19-11-5-9-18(10-6-12-19)14-7-4-8-17-13-14/h4,7-8,13H,5-6,9-12H2,1-3H3. The Labute approximate surface area is 126 Å². The maximum absolute atomic E-state index is 12.1. The van der Waals surface area contributed by atoms with Crippen LogP contribution in [0.2, 0.25) is 0 Å². The minimum atomic E-state index is -0.429. The van der Waals surface area contributed by atoms with Crippen LogP contribution >= 0.6 is 0 Å². The number of hydrogen-bond acceptors (Lipinski definition) is 4. The first-order valence-electron chi connectivity index (χ1n) is 7.58. The van der Waals surface area contributed by atoms with Gasteiger partial charge in [-0.1, -0.05) is 0 Å². The van der Waals surface area contributed by atoms with Crippen LogP contribution in [0.5, 0.6) is 0 Å². The third kappa shape index (κ3) is 4.92. The number of rotatable bonds is 1. The van der Waals surface area contributed by atoms with Crippen LogP contribution < -0.4 is 4.90 Å². The van der Waals surface area contributed by atoms with Gasteiger partial charge in [0.2, 0.25) is 0 Å². The summed E-state index contributed by atoms with van der Waals surface area (Å²) in [5, 5.41) is 0. The Morgan fingerprint density at radius 1 is 1.19 bits per heavy atom. The average Bonchev–Trinajstić information content (AvgIpc) is 2.37. The van der Waals surface area contributed by atoms with Gasteiger partial charge in [0.1, 0.15) is 5.60 Å². The molecule has 116 valence electrons. The fraction of sp³-hybridized carbons (Fsp3) is 0.625. The average molecular weight is 291 g/mol. The molecule has 1 fully saturated rings. The summed E-state index contributed by atoms with van der Waals surface area (Å²) in [7, 11) is 0. The number of carbonyl (C=O) groups excluding carboxylic acids is 1. The van der Waals surface area contributed by atoms with Crippen molar-refractivity contribution >= 4 is 11.8 Å². The van der Waals surface area contributed by atoms with Gasteiger partial charge in [-0.15, -0.1) is 0 Å². The molecule has 1 aromatic rings. The number of nitrogens with zero attached hydrogens (tertiary/aromatic N) is 3. The Balaban J connectivity index is 1.88. The van der Waals surface area contributed by atoms with E-state index in [2.05, 4.69) is 16.0 Å². The molecular weight excluding hydrogens is 266 g/mol. The molecule has 0 spiro atoms. The molecule has 0 N–H and O–H groups in total. The third-order valence-electron chi connectivity index (χ3n) is 3.37. The smallest absolute Gasteiger partial charge is 0.410 e. The molecule has 1 amide bonds. The first-order chi connectivity index (χ1) is 9.96. The molecule has 2 heterocycles. The van der Waals surface area contributed by atoms with E-state index in [1.165, 1.54) is 0 Å². The number of carbonyl (C=O) groups is 1. The lowest BCUT2D eigenvalue weighted by molar-refractivity contribution is 0.0242. The number of anilines is 1. The maximum Gasteiger partial charge on any atom is 0.410 e. The summed E-state index contributed by atoms with van der Waals surface area (Å²) in [5.74, 6) is 0. The summed E-state index contributed by atoms with van der Waals surface area (Å²) in [6.07, 6.45) is 5.37. The molecule has 0 aromatic carbocycles. The highest BCUT2D eigenvalue weighted by Crippen LogP contribution is 2.16. The summed E-state index contributed by atoms with van der Waals surface area (Å²) < 4.78 is 5.45. The zero-order valence-corrected chi connectivity index (χ0v) is 13.2. The lowest BCUT2D eigenvalue weighted by Crippen LogP contribution is -2.42. The van der Waals surface area contributed by atoms with Gasteiger partial charge in [-0.05, 0) is 45.7 Å². The van der Waals surface area contributed by atoms with Crippen molar-refractivity contribution in [3.8, 4) is 0 Å². The van der Waals surface area contributed by atoms with E-state index < -0.39 is 5.60 Å². The van der Waals surface area contributed by atoms with Gasteiger partial charge in [0.25, 0.3) is 0 Å². The Hall–Kier alpha value is -1.78. The second-order valence-corrected chi connectivity index (χ2v) is 6.37. The zero-order valence-electron chi connectivity index (χ0n) is 13.2. The van der Waals surface area contributed by atoms with Gasteiger partial charge in [0, 0.05) is 32.4 Å². The highest BCUT2D eigenvalue weighted by molar-refractivity contribution is 5.68. The van der Waals surface area contributed by atoms with E-state index in [9.17, 15) is 4.79 Å². The van der Waals surface area contributed by atoms with Gasteiger partial charge in [-0.3, -0.25) is 4.98 Å². The molecule has 0 saturated carbocycles. The first kappa shape index (κ1) is 15.6. The zero-order chi connectivity index (χ0) is 15.3. The topological polar surface area (TPSA) is 45.7 Å². The largest absolute Gasteiger partial charge is 0.444 e. The van der Waals surface area contributed by atoms with Crippen LogP contribution in [0, 0.1) is 0 Å². The predicted octanol–water partition coefficient (Wildman–Crippen LogP) is 2.92. The van der Waals surface area contributed by atoms with E-state index in [0.717, 1.165) is 44.7 Å². The van der Waals surface area contributed by atoms with Crippen molar-refractivity contribution in [2.75, 3.05) is 31.1 Å². The van der Waals surface area contributed by atoms with Gasteiger partial charge >= 0.3 is 6.09 Å². The van der Waals surface area contributed by atoms with Crippen molar-refractivity contribution in [2.45, 2.75) is 39.2 Å². The Morgan fingerprint density at radius 2 is 1.86 bits per heavy atom. The van der Waals surface area contributed by atoms with Crippen LogP contribution in [-0.2, 0) is 4.74 Å². The molecule has 1 aromatic heterocycles. The predicted molar refractivity (Wildman–Crippen MR) is 83.5 cm³/mol. The van der Waals surface area contributed by atoms with E-state index >= 15 is 0 Å². The Kier molecular flexibility index (Phi) is 5.04. The molecule has 21 heavy (non-hydrogen) atoms. The van der Waals surface area contributed by atoms with Crippen LogP contribution in [0.4, 0.5) is 10.5 Å². The molecule has 2 rings (SSSR count). The molecular formula is C16H25N3O2. The summed E-state index contributed by atoms with van der Waals surface area (Å²) >= 11 is 0. The number of ether oxygens (including phenoxy) is 1. The highest BCUT2D eigenvalue weighted by atomic mass is 16.6. The Bertz CT molecular complexity index is 446. The van der Waals surface area contributed by atoms with Crippen LogP contribution in [-0.4, -0.2) is 47.8 Å². The fourth-order valence-electron chi connectivity index (χ4n) is 2.44. The van der Waals surface area contributed by atoms with Crippen LogP contribution in [0.15, 0.2) is 24.5 Å². The molecule has 0 atom stereocenters. The molecule has 0 unspecified atom stereocenters.